The summed E-state index contributed by atoms with van der Waals surface area (Å²) in [5.41, 5.74) is 3.32. The number of hydrogen-bond donors (Lipinski definition) is 1. The van der Waals surface area contributed by atoms with Gasteiger partial charge in [0.15, 0.2) is 0 Å². The molecule has 31 heavy (non-hydrogen) atoms. The van der Waals surface area contributed by atoms with E-state index in [0.717, 1.165) is 28.2 Å². The number of carbonyl (C=O) groups excluding carboxylic acids is 1. The molecule has 7 heteroatoms. The van der Waals surface area contributed by atoms with Gasteiger partial charge in [-0.1, -0.05) is 0 Å². The Kier molecular flexibility index (Phi) is 6.23. The fourth-order valence-electron chi connectivity index (χ4n) is 4.48. The molecule has 0 aliphatic carbocycles. The van der Waals surface area contributed by atoms with Crippen LogP contribution in [0.25, 0.3) is 22.4 Å². The van der Waals surface area contributed by atoms with Gasteiger partial charge in [-0.05, 0) is 63.9 Å². The number of amides is 1. The maximum atomic E-state index is 12.1. The molecule has 0 bridgehead atoms. The minimum absolute atomic E-state index is 0.118. The maximum absolute atomic E-state index is 12.1. The third kappa shape index (κ3) is 4.14. The van der Waals surface area contributed by atoms with Gasteiger partial charge in [-0.25, -0.2) is 9.97 Å². The zero-order valence-corrected chi connectivity index (χ0v) is 18.8. The van der Waals surface area contributed by atoms with Crippen LogP contribution >= 0.6 is 0 Å². The van der Waals surface area contributed by atoms with Gasteiger partial charge in [0.05, 0.1) is 17.6 Å². The van der Waals surface area contributed by atoms with Gasteiger partial charge >= 0.3 is 0 Å². The Balaban J connectivity index is 1.72. The number of nitrogens with zero attached hydrogens (tertiary/aromatic N) is 4. The standard InChI is InChI=1S/C24H31N5O2/c1-5-31-13-12-28-21-10-8-18(24(30)25-4)14-20(21)27-23(28)19-9-11-22(26-15-19)29-16(2)6-7-17(29)3/h8-11,14-17H,5-7,12-13H2,1-4H3,(H,25,30)/t16-,17?/m0/s1. The molecule has 0 radical (unpaired) electrons. The van der Waals surface area contributed by atoms with E-state index in [1.54, 1.807) is 7.05 Å². The van der Waals surface area contributed by atoms with Crippen molar-refractivity contribution in [3.05, 3.63) is 42.1 Å². The highest BCUT2D eigenvalue weighted by Crippen LogP contribution is 2.31. The van der Waals surface area contributed by atoms with Crippen molar-refractivity contribution in [2.75, 3.05) is 25.2 Å². The van der Waals surface area contributed by atoms with Gasteiger partial charge in [0.2, 0.25) is 0 Å². The first-order valence-electron chi connectivity index (χ1n) is 11.1. The average molecular weight is 422 g/mol. The summed E-state index contributed by atoms with van der Waals surface area (Å²) >= 11 is 0. The summed E-state index contributed by atoms with van der Waals surface area (Å²) in [7, 11) is 1.63. The Labute approximate surface area is 183 Å². The molecular weight excluding hydrogens is 390 g/mol. The molecule has 0 saturated carbocycles. The second-order valence-corrected chi connectivity index (χ2v) is 8.15. The average Bonchev–Trinajstić information content (AvgIpc) is 3.32. The van der Waals surface area contributed by atoms with E-state index >= 15 is 0 Å². The first-order valence-corrected chi connectivity index (χ1v) is 11.1. The Morgan fingerprint density at radius 1 is 1.19 bits per heavy atom. The highest BCUT2D eigenvalue weighted by atomic mass is 16.5. The van der Waals surface area contributed by atoms with Gasteiger partial charge in [-0.3, -0.25) is 4.79 Å². The predicted molar refractivity (Wildman–Crippen MR) is 123 cm³/mol. The Bertz CT molecular complexity index is 1050. The molecule has 1 aromatic carbocycles. The molecule has 3 heterocycles. The molecule has 1 amide bonds. The van der Waals surface area contributed by atoms with Crippen molar-refractivity contribution in [3.63, 3.8) is 0 Å². The van der Waals surface area contributed by atoms with Gasteiger partial charge in [0.1, 0.15) is 11.6 Å². The van der Waals surface area contributed by atoms with Crippen LogP contribution < -0.4 is 10.2 Å². The number of benzene rings is 1. The maximum Gasteiger partial charge on any atom is 0.251 e. The molecular formula is C24H31N5O2. The number of fused-ring (bicyclic) bond motifs is 1. The molecule has 0 spiro atoms. The van der Waals surface area contributed by atoms with Crippen molar-refractivity contribution in [1.29, 1.82) is 0 Å². The quantitative estimate of drug-likeness (QED) is 0.587. The number of carbonyl (C=O) groups is 1. The van der Waals surface area contributed by atoms with Crippen molar-refractivity contribution in [2.45, 2.75) is 52.2 Å². The predicted octanol–water partition coefficient (Wildman–Crippen LogP) is 3.87. The van der Waals surface area contributed by atoms with E-state index in [2.05, 4.69) is 40.8 Å². The first kappa shape index (κ1) is 21.3. The van der Waals surface area contributed by atoms with Gasteiger partial charge in [0, 0.05) is 49.6 Å². The van der Waals surface area contributed by atoms with Crippen molar-refractivity contribution < 1.29 is 9.53 Å². The Morgan fingerprint density at radius 3 is 2.61 bits per heavy atom. The second kappa shape index (κ2) is 9.06. The molecule has 7 nitrogen and oxygen atoms in total. The molecule has 2 aromatic heterocycles. The normalized spacial score (nSPS) is 18.6. The van der Waals surface area contributed by atoms with Crippen molar-refractivity contribution in [2.24, 2.45) is 0 Å². The topological polar surface area (TPSA) is 72.3 Å². The van der Waals surface area contributed by atoms with Crippen LogP contribution in [0, 0.1) is 0 Å². The minimum atomic E-state index is -0.118. The number of aromatic nitrogens is 3. The summed E-state index contributed by atoms with van der Waals surface area (Å²) < 4.78 is 7.75. The molecule has 4 rings (SSSR count). The second-order valence-electron chi connectivity index (χ2n) is 8.15. The zero-order chi connectivity index (χ0) is 22.0. The van der Waals surface area contributed by atoms with E-state index < -0.39 is 0 Å². The minimum Gasteiger partial charge on any atom is -0.380 e. The fraction of sp³-hybridized carbons (Fsp3) is 0.458. The van der Waals surface area contributed by atoms with Crippen LogP contribution in [0.4, 0.5) is 5.82 Å². The van der Waals surface area contributed by atoms with Crippen LogP contribution in [-0.4, -0.2) is 52.8 Å². The zero-order valence-electron chi connectivity index (χ0n) is 18.8. The van der Waals surface area contributed by atoms with Crippen LogP contribution in [0.1, 0.15) is 44.0 Å². The molecule has 1 saturated heterocycles. The molecule has 1 aliphatic heterocycles. The summed E-state index contributed by atoms with van der Waals surface area (Å²) in [5.74, 6) is 1.73. The molecule has 1 unspecified atom stereocenters. The fourth-order valence-corrected chi connectivity index (χ4v) is 4.48. The van der Waals surface area contributed by atoms with Crippen molar-refractivity contribution in [1.82, 2.24) is 19.9 Å². The molecule has 3 aromatic rings. The van der Waals surface area contributed by atoms with E-state index in [9.17, 15) is 4.79 Å². The third-order valence-electron chi connectivity index (χ3n) is 6.12. The summed E-state index contributed by atoms with van der Waals surface area (Å²) in [4.78, 5) is 24.1. The number of rotatable bonds is 7. The highest BCUT2D eigenvalue weighted by molar-refractivity contribution is 5.97. The van der Waals surface area contributed by atoms with E-state index in [1.807, 2.05) is 31.3 Å². The smallest absolute Gasteiger partial charge is 0.251 e. The van der Waals surface area contributed by atoms with Crippen LogP contribution in [0.15, 0.2) is 36.5 Å². The molecule has 1 aliphatic rings. The molecule has 164 valence electrons. The number of ether oxygens (including phenoxy) is 1. The van der Waals surface area contributed by atoms with E-state index in [-0.39, 0.29) is 5.91 Å². The lowest BCUT2D eigenvalue weighted by Crippen LogP contribution is -2.33. The monoisotopic (exact) mass is 421 g/mol. The summed E-state index contributed by atoms with van der Waals surface area (Å²) in [6.07, 6.45) is 4.31. The Hall–Kier alpha value is -2.93. The molecule has 1 fully saturated rings. The van der Waals surface area contributed by atoms with Crippen LogP contribution in [0.5, 0.6) is 0 Å². The van der Waals surface area contributed by atoms with Crippen molar-refractivity contribution >= 4 is 22.8 Å². The lowest BCUT2D eigenvalue weighted by molar-refractivity contribution is 0.0963. The van der Waals surface area contributed by atoms with Gasteiger partial charge in [-0.2, -0.15) is 0 Å². The van der Waals surface area contributed by atoms with E-state index in [4.69, 9.17) is 14.7 Å². The summed E-state index contributed by atoms with van der Waals surface area (Å²) in [5, 5.41) is 2.67. The van der Waals surface area contributed by atoms with Crippen LogP contribution in [-0.2, 0) is 11.3 Å². The number of pyridine rings is 1. The lowest BCUT2D eigenvalue weighted by Gasteiger charge is -2.27. The van der Waals surface area contributed by atoms with E-state index in [0.29, 0.717) is 37.4 Å². The number of imidazole rings is 1. The highest BCUT2D eigenvalue weighted by Gasteiger charge is 2.28. The number of anilines is 1. The van der Waals surface area contributed by atoms with Crippen molar-refractivity contribution in [3.8, 4) is 11.4 Å². The first-order chi connectivity index (χ1) is 15.0. The number of nitrogens with one attached hydrogen (secondary N) is 1. The third-order valence-corrected chi connectivity index (χ3v) is 6.12. The summed E-state index contributed by atoms with van der Waals surface area (Å²) in [6, 6.07) is 10.8. The van der Waals surface area contributed by atoms with Crippen LogP contribution in [0.2, 0.25) is 0 Å². The van der Waals surface area contributed by atoms with Gasteiger partial charge in [-0.15, -0.1) is 0 Å². The number of hydrogen-bond acceptors (Lipinski definition) is 5. The van der Waals surface area contributed by atoms with Gasteiger partial charge < -0.3 is 19.5 Å². The van der Waals surface area contributed by atoms with Gasteiger partial charge in [0.25, 0.3) is 5.91 Å². The summed E-state index contributed by atoms with van der Waals surface area (Å²) in [6.45, 7) is 8.46. The lowest BCUT2D eigenvalue weighted by atomic mass is 10.2. The molecule has 1 N–H and O–H groups in total. The van der Waals surface area contributed by atoms with E-state index in [1.165, 1.54) is 12.8 Å². The Morgan fingerprint density at radius 2 is 1.97 bits per heavy atom. The molecule has 2 atom stereocenters. The van der Waals surface area contributed by atoms with Crippen LogP contribution in [0.3, 0.4) is 0 Å². The largest absolute Gasteiger partial charge is 0.380 e. The SMILES string of the molecule is CCOCCn1c(-c2ccc(N3C(C)CC[C@@H]3C)nc2)nc2cc(C(=O)NC)ccc21.